The first-order valence-corrected chi connectivity index (χ1v) is 4.38. The molecule has 1 unspecified atom stereocenters. The van der Waals surface area contributed by atoms with Gasteiger partial charge >= 0.3 is 0 Å². The summed E-state index contributed by atoms with van der Waals surface area (Å²) < 4.78 is 5.07. The van der Waals surface area contributed by atoms with Gasteiger partial charge in [0.15, 0.2) is 0 Å². The Morgan fingerprint density at radius 3 is 2.79 bits per heavy atom. The standard InChI is InChI=1S/C10H15NO3/c1-11-6-9(13)8-5-7(12)3-4-10(8)14-2/h3-5,9,11-13H,6H2,1-2H3. The number of likely N-dealkylation sites (N-methyl/N-ethyl adjacent to an activating group) is 1. The van der Waals surface area contributed by atoms with Gasteiger partial charge < -0.3 is 20.3 Å². The molecule has 0 aliphatic carbocycles. The van der Waals surface area contributed by atoms with Gasteiger partial charge in [-0.1, -0.05) is 0 Å². The zero-order valence-electron chi connectivity index (χ0n) is 8.32. The molecule has 0 aliphatic heterocycles. The average molecular weight is 197 g/mol. The fraction of sp³-hybridized carbons (Fsp3) is 0.400. The van der Waals surface area contributed by atoms with Gasteiger partial charge in [-0.2, -0.15) is 0 Å². The third-order valence-electron chi connectivity index (χ3n) is 1.97. The first-order chi connectivity index (χ1) is 6.69. The third-order valence-corrected chi connectivity index (χ3v) is 1.97. The summed E-state index contributed by atoms with van der Waals surface area (Å²) in [7, 11) is 3.28. The zero-order valence-corrected chi connectivity index (χ0v) is 8.32. The van der Waals surface area contributed by atoms with Crippen molar-refractivity contribution < 1.29 is 14.9 Å². The molecule has 1 aromatic carbocycles. The van der Waals surface area contributed by atoms with Crippen LogP contribution in [-0.4, -0.2) is 30.9 Å². The van der Waals surface area contributed by atoms with E-state index in [9.17, 15) is 10.2 Å². The van der Waals surface area contributed by atoms with E-state index in [1.54, 1.807) is 13.1 Å². The molecule has 0 amide bonds. The van der Waals surface area contributed by atoms with E-state index in [1.165, 1.54) is 19.2 Å². The molecule has 14 heavy (non-hydrogen) atoms. The van der Waals surface area contributed by atoms with E-state index in [-0.39, 0.29) is 5.75 Å². The first-order valence-electron chi connectivity index (χ1n) is 4.38. The number of benzene rings is 1. The average Bonchev–Trinajstić information content (AvgIpc) is 2.18. The highest BCUT2D eigenvalue weighted by Gasteiger charge is 2.12. The molecule has 78 valence electrons. The van der Waals surface area contributed by atoms with Crippen LogP contribution in [0.5, 0.6) is 11.5 Å². The summed E-state index contributed by atoms with van der Waals surface area (Å²) in [6.45, 7) is 0.416. The molecule has 1 aromatic rings. The van der Waals surface area contributed by atoms with Crippen molar-refractivity contribution in [2.24, 2.45) is 0 Å². The van der Waals surface area contributed by atoms with E-state index in [0.717, 1.165) is 0 Å². The minimum atomic E-state index is -0.679. The second-order valence-corrected chi connectivity index (χ2v) is 3.00. The molecular weight excluding hydrogens is 182 g/mol. The largest absolute Gasteiger partial charge is 0.508 e. The van der Waals surface area contributed by atoms with Crippen molar-refractivity contribution in [2.75, 3.05) is 20.7 Å². The number of rotatable bonds is 4. The second kappa shape index (κ2) is 4.83. The number of aliphatic hydroxyl groups excluding tert-OH is 1. The number of nitrogens with one attached hydrogen (secondary N) is 1. The highest BCUT2D eigenvalue weighted by Crippen LogP contribution is 2.28. The van der Waals surface area contributed by atoms with E-state index >= 15 is 0 Å². The number of methoxy groups -OCH3 is 1. The molecule has 0 radical (unpaired) electrons. The number of aromatic hydroxyl groups is 1. The third kappa shape index (κ3) is 2.37. The van der Waals surface area contributed by atoms with Crippen molar-refractivity contribution in [3.63, 3.8) is 0 Å². The van der Waals surface area contributed by atoms with Gasteiger partial charge in [0.2, 0.25) is 0 Å². The van der Waals surface area contributed by atoms with Crippen LogP contribution < -0.4 is 10.1 Å². The van der Waals surface area contributed by atoms with Crippen LogP contribution in [0.4, 0.5) is 0 Å². The Morgan fingerprint density at radius 2 is 2.21 bits per heavy atom. The molecule has 4 heteroatoms. The Morgan fingerprint density at radius 1 is 1.50 bits per heavy atom. The minimum Gasteiger partial charge on any atom is -0.508 e. The first kappa shape index (κ1) is 10.8. The molecule has 1 rings (SSSR count). The number of phenolic OH excluding ortho intramolecular Hbond substituents is 1. The summed E-state index contributed by atoms with van der Waals surface area (Å²) in [6.07, 6.45) is -0.679. The molecule has 3 N–H and O–H groups in total. The lowest BCUT2D eigenvalue weighted by molar-refractivity contribution is 0.173. The van der Waals surface area contributed by atoms with E-state index < -0.39 is 6.10 Å². The summed E-state index contributed by atoms with van der Waals surface area (Å²) in [6, 6.07) is 4.65. The summed E-state index contributed by atoms with van der Waals surface area (Å²) in [5.74, 6) is 0.696. The van der Waals surface area contributed by atoms with Crippen LogP contribution in [0.15, 0.2) is 18.2 Å². The lowest BCUT2D eigenvalue weighted by Gasteiger charge is -2.14. The molecule has 0 saturated heterocycles. The van der Waals surface area contributed by atoms with Gasteiger partial charge in [0.1, 0.15) is 11.5 Å². The van der Waals surface area contributed by atoms with Crippen LogP contribution in [0, 0.1) is 0 Å². The van der Waals surface area contributed by atoms with E-state index in [2.05, 4.69) is 5.32 Å². The highest BCUT2D eigenvalue weighted by molar-refractivity contribution is 5.41. The Balaban J connectivity index is 2.97. The topological polar surface area (TPSA) is 61.7 Å². The zero-order chi connectivity index (χ0) is 10.6. The number of aliphatic hydroxyl groups is 1. The Labute approximate surface area is 83.1 Å². The number of ether oxygens (including phenoxy) is 1. The van der Waals surface area contributed by atoms with E-state index in [0.29, 0.717) is 17.9 Å². The van der Waals surface area contributed by atoms with Gasteiger partial charge in [0, 0.05) is 12.1 Å². The van der Waals surface area contributed by atoms with Gasteiger partial charge in [-0.15, -0.1) is 0 Å². The van der Waals surface area contributed by atoms with Crippen molar-refractivity contribution >= 4 is 0 Å². The number of hydrogen-bond donors (Lipinski definition) is 3. The molecule has 0 bridgehead atoms. The summed E-state index contributed by atoms with van der Waals surface area (Å²) in [5, 5.41) is 21.8. The molecule has 0 spiro atoms. The molecule has 0 aliphatic rings. The molecule has 4 nitrogen and oxygen atoms in total. The van der Waals surface area contributed by atoms with E-state index in [1.807, 2.05) is 0 Å². The predicted octanol–water partition coefficient (Wildman–Crippen LogP) is 0.654. The van der Waals surface area contributed by atoms with Crippen LogP contribution in [0.2, 0.25) is 0 Å². The van der Waals surface area contributed by atoms with Gasteiger partial charge in [0.05, 0.1) is 13.2 Å². The second-order valence-electron chi connectivity index (χ2n) is 3.00. The van der Waals surface area contributed by atoms with Crippen LogP contribution >= 0.6 is 0 Å². The SMILES string of the molecule is CNCC(O)c1cc(O)ccc1OC. The van der Waals surface area contributed by atoms with Crippen molar-refractivity contribution in [1.82, 2.24) is 5.32 Å². The molecule has 0 aromatic heterocycles. The smallest absolute Gasteiger partial charge is 0.124 e. The normalized spacial score (nSPS) is 12.5. The monoisotopic (exact) mass is 197 g/mol. The molecular formula is C10H15NO3. The van der Waals surface area contributed by atoms with E-state index in [4.69, 9.17) is 4.74 Å². The lowest BCUT2D eigenvalue weighted by Crippen LogP contribution is -2.17. The predicted molar refractivity (Wildman–Crippen MR) is 53.5 cm³/mol. The van der Waals surface area contributed by atoms with Crippen LogP contribution in [-0.2, 0) is 0 Å². The molecule has 0 heterocycles. The van der Waals surface area contributed by atoms with Crippen molar-refractivity contribution in [2.45, 2.75) is 6.10 Å². The summed E-state index contributed by atoms with van der Waals surface area (Å²) in [5.41, 5.74) is 0.585. The molecule has 0 fully saturated rings. The van der Waals surface area contributed by atoms with Crippen LogP contribution in [0.1, 0.15) is 11.7 Å². The number of hydrogen-bond acceptors (Lipinski definition) is 4. The van der Waals surface area contributed by atoms with Crippen molar-refractivity contribution in [3.8, 4) is 11.5 Å². The number of phenols is 1. The van der Waals surface area contributed by atoms with Gasteiger partial charge in [0.25, 0.3) is 0 Å². The maximum Gasteiger partial charge on any atom is 0.124 e. The maximum atomic E-state index is 9.70. The quantitative estimate of drug-likeness (QED) is 0.663. The lowest BCUT2D eigenvalue weighted by atomic mass is 10.1. The summed E-state index contributed by atoms with van der Waals surface area (Å²) >= 11 is 0. The van der Waals surface area contributed by atoms with Gasteiger partial charge in [-0.25, -0.2) is 0 Å². The maximum absolute atomic E-state index is 9.70. The minimum absolute atomic E-state index is 0.121. The Bertz CT molecular complexity index is 301. The molecule has 0 saturated carbocycles. The van der Waals surface area contributed by atoms with Crippen molar-refractivity contribution in [3.05, 3.63) is 23.8 Å². The fourth-order valence-electron chi connectivity index (χ4n) is 1.29. The van der Waals surface area contributed by atoms with Crippen molar-refractivity contribution in [1.29, 1.82) is 0 Å². The fourth-order valence-corrected chi connectivity index (χ4v) is 1.29. The highest BCUT2D eigenvalue weighted by atomic mass is 16.5. The van der Waals surface area contributed by atoms with Gasteiger partial charge in [-0.05, 0) is 25.2 Å². The molecule has 1 atom stereocenters. The Kier molecular flexibility index (Phi) is 3.73. The Hall–Kier alpha value is -1.26. The van der Waals surface area contributed by atoms with Gasteiger partial charge in [-0.3, -0.25) is 0 Å². The van der Waals surface area contributed by atoms with Crippen LogP contribution in [0.25, 0.3) is 0 Å². The van der Waals surface area contributed by atoms with Crippen LogP contribution in [0.3, 0.4) is 0 Å². The summed E-state index contributed by atoms with van der Waals surface area (Å²) in [4.78, 5) is 0.